The van der Waals surface area contributed by atoms with Gasteiger partial charge in [0.25, 0.3) is 0 Å². The number of amides is 1. The van der Waals surface area contributed by atoms with Crippen LogP contribution >= 0.6 is 0 Å². The van der Waals surface area contributed by atoms with Crippen LogP contribution in [0.4, 0.5) is 5.95 Å². The molecule has 1 atom stereocenters. The van der Waals surface area contributed by atoms with Crippen LogP contribution in [0, 0.1) is 0 Å². The van der Waals surface area contributed by atoms with Crippen molar-refractivity contribution in [1.29, 1.82) is 0 Å². The summed E-state index contributed by atoms with van der Waals surface area (Å²) in [4.78, 5) is 17.3. The average molecular weight is 433 g/mol. The highest BCUT2D eigenvalue weighted by Gasteiger charge is 2.28. The second kappa shape index (κ2) is 8.98. The number of tetrazole rings is 1. The minimum atomic E-state index is 0.237. The fraction of sp³-hybridized carbons (Fsp3) is 0.417. The van der Waals surface area contributed by atoms with E-state index in [1.807, 2.05) is 41.3 Å². The van der Waals surface area contributed by atoms with Gasteiger partial charge in [0.2, 0.25) is 11.9 Å². The summed E-state index contributed by atoms with van der Waals surface area (Å²) in [5.41, 5.74) is 3.57. The maximum atomic E-state index is 13.1. The van der Waals surface area contributed by atoms with Crippen molar-refractivity contribution in [2.75, 3.05) is 38.2 Å². The summed E-state index contributed by atoms with van der Waals surface area (Å²) in [6.45, 7) is 2.81. The van der Waals surface area contributed by atoms with Crippen molar-refractivity contribution in [3.05, 3.63) is 59.7 Å². The molecule has 1 aliphatic heterocycles. The first-order chi connectivity index (χ1) is 15.7. The third kappa shape index (κ3) is 4.04. The van der Waals surface area contributed by atoms with Crippen molar-refractivity contribution >= 4 is 11.9 Å². The van der Waals surface area contributed by atoms with Crippen LogP contribution in [0.15, 0.2) is 48.5 Å². The van der Waals surface area contributed by atoms with Crippen molar-refractivity contribution in [2.24, 2.45) is 0 Å². The van der Waals surface area contributed by atoms with Crippen molar-refractivity contribution in [2.45, 2.75) is 31.6 Å². The smallest absolute Gasteiger partial charge is 0.250 e. The average Bonchev–Trinajstić information content (AvgIpc) is 3.34. The van der Waals surface area contributed by atoms with Crippen molar-refractivity contribution in [3.63, 3.8) is 0 Å². The Labute approximate surface area is 187 Å². The highest BCUT2D eigenvalue weighted by atomic mass is 16.5. The molecule has 8 nitrogen and oxygen atoms in total. The maximum Gasteiger partial charge on any atom is 0.250 e. The van der Waals surface area contributed by atoms with Crippen LogP contribution in [0.5, 0.6) is 5.75 Å². The number of rotatable bonds is 5. The van der Waals surface area contributed by atoms with Crippen LogP contribution in [0.1, 0.15) is 36.3 Å². The number of aromatic nitrogens is 4. The van der Waals surface area contributed by atoms with Gasteiger partial charge in [0.05, 0.1) is 12.8 Å². The summed E-state index contributed by atoms with van der Waals surface area (Å²) >= 11 is 0. The lowest BCUT2D eigenvalue weighted by molar-refractivity contribution is -0.132. The minimum Gasteiger partial charge on any atom is -0.497 e. The molecule has 1 amide bonds. The van der Waals surface area contributed by atoms with E-state index in [-0.39, 0.29) is 5.91 Å². The Morgan fingerprint density at radius 2 is 1.91 bits per heavy atom. The van der Waals surface area contributed by atoms with Gasteiger partial charge in [0.15, 0.2) is 0 Å². The Morgan fingerprint density at radius 3 is 2.69 bits per heavy atom. The second-order valence-corrected chi connectivity index (χ2v) is 8.45. The summed E-state index contributed by atoms with van der Waals surface area (Å²) in [6.07, 6.45) is 3.82. The number of anilines is 1. The molecular weight excluding hydrogens is 404 g/mol. The number of carbonyl (C=O) groups excluding carboxylic acids is 1. The summed E-state index contributed by atoms with van der Waals surface area (Å²) in [7, 11) is 1.70. The zero-order valence-electron chi connectivity index (χ0n) is 18.4. The lowest BCUT2D eigenvalue weighted by Crippen LogP contribution is -2.49. The first-order valence-electron chi connectivity index (χ1n) is 11.3. The van der Waals surface area contributed by atoms with Gasteiger partial charge in [-0.15, -0.1) is 0 Å². The summed E-state index contributed by atoms with van der Waals surface area (Å²) in [5, 5.41) is 12.3. The van der Waals surface area contributed by atoms with Crippen LogP contribution in [0.25, 0.3) is 5.69 Å². The van der Waals surface area contributed by atoms with E-state index in [4.69, 9.17) is 4.74 Å². The monoisotopic (exact) mass is 432 g/mol. The molecule has 8 heteroatoms. The van der Waals surface area contributed by atoms with E-state index in [0.717, 1.165) is 49.7 Å². The maximum absolute atomic E-state index is 13.1. The minimum absolute atomic E-state index is 0.237. The van der Waals surface area contributed by atoms with Crippen LogP contribution in [-0.2, 0) is 11.2 Å². The fourth-order valence-corrected chi connectivity index (χ4v) is 4.84. The van der Waals surface area contributed by atoms with E-state index in [1.54, 1.807) is 11.8 Å². The van der Waals surface area contributed by atoms with Crippen LogP contribution < -0.4 is 9.64 Å². The van der Waals surface area contributed by atoms with Gasteiger partial charge in [-0.05, 0) is 71.0 Å². The molecule has 1 fully saturated rings. The van der Waals surface area contributed by atoms with Gasteiger partial charge in [0, 0.05) is 32.6 Å². The number of benzene rings is 2. The van der Waals surface area contributed by atoms with Crippen LogP contribution in [0.3, 0.4) is 0 Å². The number of aryl methyl sites for hydroxylation is 1. The normalized spacial score (nSPS) is 18.3. The van der Waals surface area contributed by atoms with Gasteiger partial charge in [-0.25, -0.2) is 0 Å². The fourth-order valence-electron chi connectivity index (χ4n) is 4.84. The molecule has 1 saturated heterocycles. The van der Waals surface area contributed by atoms with E-state index < -0.39 is 0 Å². The van der Waals surface area contributed by atoms with E-state index in [2.05, 4.69) is 32.6 Å². The number of fused-ring (bicyclic) bond motifs is 1. The van der Waals surface area contributed by atoms with Gasteiger partial charge >= 0.3 is 0 Å². The summed E-state index contributed by atoms with van der Waals surface area (Å²) in [6, 6.07) is 16.2. The van der Waals surface area contributed by atoms with Gasteiger partial charge in [-0.2, -0.15) is 4.68 Å². The molecule has 2 aliphatic rings. The molecule has 32 heavy (non-hydrogen) atoms. The largest absolute Gasteiger partial charge is 0.497 e. The zero-order chi connectivity index (χ0) is 21.9. The molecule has 1 aromatic heterocycles. The molecule has 0 spiro atoms. The second-order valence-electron chi connectivity index (χ2n) is 8.45. The van der Waals surface area contributed by atoms with Crippen LogP contribution in [-0.4, -0.2) is 64.3 Å². The third-order valence-electron chi connectivity index (χ3n) is 6.58. The molecule has 0 bridgehead atoms. The predicted molar refractivity (Wildman–Crippen MR) is 121 cm³/mol. The Kier molecular flexibility index (Phi) is 5.75. The van der Waals surface area contributed by atoms with Gasteiger partial charge in [0.1, 0.15) is 5.75 Å². The predicted octanol–water partition coefficient (Wildman–Crippen LogP) is 2.83. The number of para-hydroxylation sites is 1. The van der Waals surface area contributed by atoms with Crippen molar-refractivity contribution < 1.29 is 9.53 Å². The zero-order valence-corrected chi connectivity index (χ0v) is 18.4. The third-order valence-corrected chi connectivity index (χ3v) is 6.58. The number of hydrogen-bond donors (Lipinski definition) is 0. The van der Waals surface area contributed by atoms with Crippen molar-refractivity contribution in [1.82, 2.24) is 25.1 Å². The van der Waals surface area contributed by atoms with Crippen LogP contribution in [0.2, 0.25) is 0 Å². The van der Waals surface area contributed by atoms with E-state index in [1.165, 1.54) is 11.1 Å². The molecular formula is C24H28N6O2. The molecule has 2 heterocycles. The molecule has 1 aliphatic carbocycles. The Balaban J connectivity index is 1.22. The molecule has 3 aromatic rings. The summed E-state index contributed by atoms with van der Waals surface area (Å²) in [5.74, 6) is 2.14. The van der Waals surface area contributed by atoms with E-state index >= 15 is 0 Å². The van der Waals surface area contributed by atoms with Crippen molar-refractivity contribution in [3.8, 4) is 11.4 Å². The molecule has 0 N–H and O–H groups in total. The van der Waals surface area contributed by atoms with Gasteiger partial charge in [-0.1, -0.05) is 29.4 Å². The lowest BCUT2D eigenvalue weighted by Gasteiger charge is -2.36. The molecule has 5 rings (SSSR count). The number of methoxy groups -OCH3 is 1. The first-order valence-corrected chi connectivity index (χ1v) is 11.3. The quantitative estimate of drug-likeness (QED) is 0.617. The highest BCUT2D eigenvalue weighted by molar-refractivity contribution is 5.77. The number of carbonyl (C=O) groups is 1. The molecule has 0 radical (unpaired) electrons. The molecule has 1 unspecified atom stereocenters. The Morgan fingerprint density at radius 1 is 1.09 bits per heavy atom. The van der Waals surface area contributed by atoms with Gasteiger partial charge < -0.3 is 14.5 Å². The van der Waals surface area contributed by atoms with E-state index in [9.17, 15) is 4.79 Å². The number of nitrogens with zero attached hydrogens (tertiary/aromatic N) is 6. The number of ether oxygens (including phenoxy) is 1. The molecule has 166 valence electrons. The Hall–Kier alpha value is -3.42. The SMILES string of the molecule is COc1ccc2c(c1)CCCC2CC(=O)N1CCN(c2nnnn2-c2ccccc2)CC1. The molecule has 2 aromatic carbocycles. The van der Waals surface area contributed by atoms with E-state index in [0.29, 0.717) is 25.4 Å². The highest BCUT2D eigenvalue weighted by Crippen LogP contribution is 2.36. The lowest BCUT2D eigenvalue weighted by atomic mass is 9.80. The summed E-state index contributed by atoms with van der Waals surface area (Å²) < 4.78 is 7.13. The number of hydrogen-bond acceptors (Lipinski definition) is 6. The van der Waals surface area contributed by atoms with Gasteiger partial charge in [-0.3, -0.25) is 4.79 Å². The standard InChI is InChI=1S/C24H28N6O2/c1-32-21-10-11-22-18(16-21)6-5-7-19(22)17-23(31)28-12-14-29(15-13-28)24-25-26-27-30(24)20-8-3-2-4-9-20/h2-4,8-11,16,19H,5-7,12-15,17H2,1H3. The molecule has 0 saturated carbocycles. The number of piperazine rings is 1. The topological polar surface area (TPSA) is 76.4 Å². The first kappa shape index (κ1) is 20.5. The Bertz CT molecular complexity index is 1080.